The topological polar surface area (TPSA) is 50.9 Å². The summed E-state index contributed by atoms with van der Waals surface area (Å²) in [7, 11) is 0. The molecule has 0 atom stereocenters. The number of hydrogen-bond acceptors (Lipinski definition) is 3. The highest BCUT2D eigenvalue weighted by atomic mass is 16.3. The number of rotatable bonds is 11. The molecule has 2 heterocycles. The molecule has 0 aliphatic carbocycles. The van der Waals surface area contributed by atoms with E-state index in [9.17, 15) is 9.22 Å². The van der Waals surface area contributed by atoms with Gasteiger partial charge < -0.3 is 5.11 Å². The average Bonchev–Trinajstić information content (AvgIpc) is 1.24. The molecular formula is C67H63N3O. The lowest BCUT2D eigenvalue weighted by Gasteiger charge is -2.22. The maximum atomic E-state index is 12.6. The van der Waals surface area contributed by atoms with Crippen LogP contribution in [-0.4, -0.2) is 19.6 Å². The Labute approximate surface area is 440 Å². The highest BCUT2D eigenvalue weighted by Crippen LogP contribution is 2.46. The Morgan fingerprint density at radius 1 is 0.521 bits per heavy atom. The van der Waals surface area contributed by atoms with Crippen LogP contribution in [0.2, 0.25) is 0 Å². The van der Waals surface area contributed by atoms with E-state index in [2.05, 4.69) is 50.5 Å². The summed E-state index contributed by atoms with van der Waals surface area (Å²) in [6, 6.07) is 49.1. The molecule has 0 aliphatic rings. The molecule has 352 valence electrons. The lowest BCUT2D eigenvalue weighted by atomic mass is 9.86. The first-order valence-corrected chi connectivity index (χ1v) is 23.9. The molecule has 4 heteroatoms. The second-order valence-electron chi connectivity index (χ2n) is 19.0. The second-order valence-corrected chi connectivity index (χ2v) is 19.0. The number of para-hydroxylation sites is 1. The first-order chi connectivity index (χ1) is 40.0. The van der Waals surface area contributed by atoms with Crippen LogP contribution in [0.25, 0.3) is 95.0 Å². The number of aromatic hydroxyl groups is 1. The van der Waals surface area contributed by atoms with Gasteiger partial charge in [0.05, 0.1) is 33.5 Å². The molecule has 8 aromatic carbocycles. The Bertz CT molecular complexity index is 4120. The largest absolute Gasteiger partial charge is 0.507 e. The van der Waals surface area contributed by atoms with Crippen molar-refractivity contribution in [3.05, 3.63) is 216 Å². The van der Waals surface area contributed by atoms with Gasteiger partial charge in [-0.15, -0.1) is 0 Å². The van der Waals surface area contributed by atoms with Crippen molar-refractivity contribution in [1.29, 1.82) is 0 Å². The van der Waals surface area contributed by atoms with Crippen molar-refractivity contribution in [3.63, 3.8) is 0 Å². The second kappa shape index (κ2) is 19.2. The van der Waals surface area contributed by atoms with Gasteiger partial charge in [-0.1, -0.05) is 195 Å². The van der Waals surface area contributed by atoms with Gasteiger partial charge in [0.1, 0.15) is 11.6 Å². The molecule has 71 heavy (non-hydrogen) atoms. The van der Waals surface area contributed by atoms with Crippen LogP contribution in [0.3, 0.4) is 0 Å². The summed E-state index contributed by atoms with van der Waals surface area (Å²) in [5, 5.41) is 12.6. The molecule has 0 fully saturated rings. The van der Waals surface area contributed by atoms with Crippen LogP contribution in [0, 0.1) is 0 Å². The Morgan fingerprint density at radius 3 is 1.79 bits per heavy atom. The number of imidazole rings is 1. The lowest BCUT2D eigenvalue weighted by Crippen LogP contribution is -2.10. The van der Waals surface area contributed by atoms with Crippen molar-refractivity contribution in [3.8, 4) is 89.7 Å². The van der Waals surface area contributed by atoms with E-state index in [1.807, 2.05) is 147 Å². The highest BCUT2D eigenvalue weighted by Gasteiger charge is 2.27. The molecular weight excluding hydrogens is 863 g/mol. The van der Waals surface area contributed by atoms with Crippen molar-refractivity contribution in [2.45, 2.75) is 85.2 Å². The van der Waals surface area contributed by atoms with E-state index in [1.165, 1.54) is 12.3 Å². The Balaban J connectivity index is 1.27. The zero-order valence-electron chi connectivity index (χ0n) is 54.6. The van der Waals surface area contributed by atoms with Crippen LogP contribution in [-0.2, 0) is 5.41 Å². The molecule has 0 bridgehead atoms. The molecule has 0 saturated heterocycles. The minimum absolute atomic E-state index is 0.0493. The zero-order chi connectivity index (χ0) is 61.5. The summed E-state index contributed by atoms with van der Waals surface area (Å²) >= 11 is 0. The fourth-order valence-corrected chi connectivity index (χ4v) is 9.39. The molecule has 0 amide bonds. The first-order valence-electron chi connectivity index (χ1n) is 30.9. The summed E-state index contributed by atoms with van der Waals surface area (Å²) in [6.45, 7) is 0.638. The first kappa shape index (κ1) is 32.9. The van der Waals surface area contributed by atoms with Crippen LogP contribution >= 0.6 is 0 Å². The Hall–Kier alpha value is -7.82. The predicted molar refractivity (Wildman–Crippen MR) is 300 cm³/mol. The molecule has 2 aromatic heterocycles. The number of hydrogen-bond donors (Lipinski definition) is 1. The average molecular weight is 940 g/mol. The van der Waals surface area contributed by atoms with E-state index in [-0.39, 0.29) is 28.7 Å². The van der Waals surface area contributed by atoms with Crippen molar-refractivity contribution < 1.29 is 24.3 Å². The van der Waals surface area contributed by atoms with E-state index in [4.69, 9.17) is 25.0 Å². The van der Waals surface area contributed by atoms with Crippen LogP contribution in [0.1, 0.15) is 121 Å². The van der Waals surface area contributed by atoms with Crippen molar-refractivity contribution in [1.82, 2.24) is 14.5 Å². The third kappa shape index (κ3) is 9.23. The van der Waals surface area contributed by atoms with Gasteiger partial charge in [0.25, 0.3) is 0 Å². The highest BCUT2D eigenvalue weighted by molar-refractivity contribution is 5.99. The number of pyridine rings is 1. The maximum Gasteiger partial charge on any atom is 0.149 e. The molecule has 10 aromatic rings. The molecule has 1 N–H and O–H groups in total. The smallest absolute Gasteiger partial charge is 0.149 e. The van der Waals surface area contributed by atoms with E-state index in [0.717, 1.165) is 55.8 Å². The number of benzene rings is 8. The van der Waals surface area contributed by atoms with Gasteiger partial charge in [0, 0.05) is 36.6 Å². The van der Waals surface area contributed by atoms with Crippen LogP contribution in [0.15, 0.2) is 194 Å². The van der Waals surface area contributed by atoms with Gasteiger partial charge in [0.15, 0.2) is 0 Å². The molecule has 0 radical (unpaired) electrons. The van der Waals surface area contributed by atoms with Gasteiger partial charge in [-0.2, -0.15) is 0 Å². The monoisotopic (exact) mass is 940 g/mol. The van der Waals surface area contributed by atoms with Gasteiger partial charge in [-0.3, -0.25) is 9.55 Å². The summed E-state index contributed by atoms with van der Waals surface area (Å²) in [5.41, 5.74) is 7.41. The number of aromatic nitrogens is 3. The molecule has 0 saturated carbocycles. The number of nitrogens with zero attached hydrogens (tertiary/aromatic N) is 3. The summed E-state index contributed by atoms with van der Waals surface area (Å²) < 4.78 is 123. The Kier molecular flexibility index (Phi) is 8.88. The van der Waals surface area contributed by atoms with Crippen LogP contribution in [0.4, 0.5) is 0 Å². The molecule has 0 unspecified atom stereocenters. The third-order valence-corrected chi connectivity index (χ3v) is 13.2. The molecule has 4 nitrogen and oxygen atoms in total. The fraction of sp³-hybridized carbons (Fsp3) is 0.194. The summed E-state index contributed by atoms with van der Waals surface area (Å²) in [4.78, 5) is 10.4. The standard InChI is InChI=1S/C67H63N3O/c1-42(2)50-37-57(44(5)6)65(71)60(38-50)66-69-64-55(26-19-27-62(64)70(66)63-41-58(47-22-15-11-16-23-47)56(43(3)4)40-59(63)48-24-17-12-18-25-48)52-34-51(45-20-13-10-14-21-45)35-53(36-52)61-39-49(32-33-68-61)46-28-30-54(31-29-46)67(7,8)9/h10-44,71H,1-9H3/i7D3,8D3,9D3,28D,29D,30D,31D,43D. The van der Waals surface area contributed by atoms with Crippen molar-refractivity contribution >= 4 is 11.0 Å². The number of fused-ring (bicyclic) bond motifs is 1. The summed E-state index contributed by atoms with van der Waals surface area (Å²) in [6.07, 6.45) is 1.43. The molecule has 10 rings (SSSR count). The van der Waals surface area contributed by atoms with Gasteiger partial charge in [-0.05, 0) is 145 Å². The van der Waals surface area contributed by atoms with E-state index < -0.39 is 61.6 Å². The molecule has 0 spiro atoms. The molecule has 0 aliphatic heterocycles. The van der Waals surface area contributed by atoms with Crippen LogP contribution in [0.5, 0.6) is 5.75 Å². The summed E-state index contributed by atoms with van der Waals surface area (Å²) in [5.74, 6) is -0.409. The quantitative estimate of drug-likeness (QED) is 0.141. The normalized spacial score (nSPS) is 15.4. The van der Waals surface area contributed by atoms with E-state index in [1.54, 1.807) is 6.07 Å². The SMILES string of the molecule is [2H]c1c([2H])c(C(C([2H])([2H])[2H])(C([2H])([2H])[2H])C([2H])([2H])[2H])c([2H])c([2H])c1-c1ccnc(-c2cc(-c3ccccc3)cc(-c3cccc4c3nc(-c3cc(C(C)C)cc(C(C)C)c3O)n4-c3cc(-c4ccccc4)c(C([2H])(C)C)cc3-c3ccccc3)c2)c1. The van der Waals surface area contributed by atoms with E-state index in [0.29, 0.717) is 44.8 Å². The van der Waals surface area contributed by atoms with Crippen molar-refractivity contribution in [2.75, 3.05) is 0 Å². The lowest BCUT2D eigenvalue weighted by molar-refractivity contribution is 0.466. The van der Waals surface area contributed by atoms with E-state index >= 15 is 0 Å². The predicted octanol–water partition coefficient (Wildman–Crippen LogP) is 18.5. The van der Waals surface area contributed by atoms with Crippen molar-refractivity contribution in [2.24, 2.45) is 0 Å². The minimum atomic E-state index is -3.83. The number of phenols is 1. The maximum absolute atomic E-state index is 12.6. The zero-order valence-corrected chi connectivity index (χ0v) is 40.6. The number of phenolic OH excluding ortho intramolecular Hbond substituents is 1. The third-order valence-electron chi connectivity index (χ3n) is 13.2. The minimum Gasteiger partial charge on any atom is -0.507 e. The fourth-order valence-electron chi connectivity index (χ4n) is 9.39. The van der Waals surface area contributed by atoms with Gasteiger partial charge in [-0.25, -0.2) is 4.98 Å². The van der Waals surface area contributed by atoms with Gasteiger partial charge >= 0.3 is 0 Å². The van der Waals surface area contributed by atoms with Crippen LogP contribution < -0.4 is 0 Å². The van der Waals surface area contributed by atoms with Gasteiger partial charge in [0.2, 0.25) is 0 Å². The Morgan fingerprint density at radius 2 is 1.15 bits per heavy atom.